The summed E-state index contributed by atoms with van der Waals surface area (Å²) in [6.07, 6.45) is 1.01. The van der Waals surface area contributed by atoms with E-state index in [9.17, 15) is 4.79 Å². The first-order chi connectivity index (χ1) is 16.7. The molecule has 0 spiro atoms. The maximum Gasteiger partial charge on any atom is 0.238 e. The predicted molar refractivity (Wildman–Crippen MR) is 135 cm³/mol. The van der Waals surface area contributed by atoms with Gasteiger partial charge in [0.05, 0.1) is 44.3 Å². The molecule has 0 bridgehead atoms. The van der Waals surface area contributed by atoms with Crippen molar-refractivity contribution in [3.63, 3.8) is 0 Å². The number of nitrogens with zero attached hydrogens (tertiary/aromatic N) is 2. The third-order valence-electron chi connectivity index (χ3n) is 6.07. The fourth-order valence-corrected chi connectivity index (χ4v) is 4.50. The summed E-state index contributed by atoms with van der Waals surface area (Å²) < 4.78 is 17.3. The van der Waals surface area contributed by atoms with Crippen LogP contribution in [0.5, 0.6) is 11.5 Å². The highest BCUT2D eigenvalue weighted by atomic mass is 16.5. The van der Waals surface area contributed by atoms with Crippen LogP contribution in [-0.4, -0.2) is 76.0 Å². The smallest absolute Gasteiger partial charge is 0.238 e. The van der Waals surface area contributed by atoms with Crippen LogP contribution < -0.4 is 25.0 Å². The molecule has 2 N–H and O–H groups in total. The Hall–Kier alpha value is -2.97. The molecule has 2 heterocycles. The molecule has 34 heavy (non-hydrogen) atoms. The van der Waals surface area contributed by atoms with Crippen LogP contribution in [0.4, 0.5) is 17.1 Å². The van der Waals surface area contributed by atoms with Crippen molar-refractivity contribution in [2.24, 2.45) is 0 Å². The number of nitrogens with one attached hydrogen (secondary N) is 2. The summed E-state index contributed by atoms with van der Waals surface area (Å²) >= 11 is 0. The van der Waals surface area contributed by atoms with Crippen molar-refractivity contribution in [3.05, 3.63) is 42.5 Å². The first-order valence-electron chi connectivity index (χ1n) is 12.3. The van der Waals surface area contributed by atoms with Crippen LogP contribution in [0.25, 0.3) is 0 Å². The fraction of sp³-hybridized carbons (Fsp3) is 0.500. The second kappa shape index (κ2) is 11.9. The summed E-state index contributed by atoms with van der Waals surface area (Å²) in [7, 11) is 0. The van der Waals surface area contributed by atoms with Crippen molar-refractivity contribution in [3.8, 4) is 11.5 Å². The normalized spacial score (nSPS) is 18.5. The summed E-state index contributed by atoms with van der Waals surface area (Å²) in [5.74, 6) is 1.35. The molecule has 0 saturated carbocycles. The monoisotopic (exact) mass is 468 g/mol. The number of hydrogen-bond donors (Lipinski definition) is 2. The number of carbonyl (C=O) groups is 1. The van der Waals surface area contributed by atoms with Crippen LogP contribution in [0.1, 0.15) is 20.3 Å². The van der Waals surface area contributed by atoms with Gasteiger partial charge >= 0.3 is 0 Å². The molecule has 0 aromatic heterocycles. The van der Waals surface area contributed by atoms with Gasteiger partial charge in [0.1, 0.15) is 11.5 Å². The van der Waals surface area contributed by atoms with E-state index in [4.69, 9.17) is 14.2 Å². The van der Waals surface area contributed by atoms with Gasteiger partial charge in [0.15, 0.2) is 0 Å². The highest BCUT2D eigenvalue weighted by molar-refractivity contribution is 5.94. The average molecular weight is 469 g/mol. The first kappa shape index (κ1) is 24.2. The summed E-state index contributed by atoms with van der Waals surface area (Å²) in [5, 5.41) is 6.62. The lowest BCUT2D eigenvalue weighted by Crippen LogP contribution is -2.36. The lowest BCUT2D eigenvalue weighted by atomic mass is 10.2. The lowest BCUT2D eigenvalue weighted by Gasteiger charge is -2.31. The van der Waals surface area contributed by atoms with E-state index in [-0.39, 0.29) is 5.91 Å². The maximum atomic E-state index is 12.9. The number of hydrogen-bond acceptors (Lipinski definition) is 7. The summed E-state index contributed by atoms with van der Waals surface area (Å²) in [6, 6.07) is 14.4. The van der Waals surface area contributed by atoms with Gasteiger partial charge in [-0.2, -0.15) is 0 Å². The summed E-state index contributed by atoms with van der Waals surface area (Å²) in [6.45, 7) is 9.99. The van der Waals surface area contributed by atoms with Gasteiger partial charge in [-0.15, -0.1) is 0 Å². The molecule has 1 atom stereocenters. The van der Waals surface area contributed by atoms with E-state index in [1.54, 1.807) is 0 Å². The Bertz CT molecular complexity index is 934. The Morgan fingerprint density at radius 2 is 1.76 bits per heavy atom. The second-order valence-electron chi connectivity index (χ2n) is 8.56. The highest BCUT2D eigenvalue weighted by Crippen LogP contribution is 2.39. The highest BCUT2D eigenvalue weighted by Gasteiger charge is 2.25. The molecule has 2 saturated heterocycles. The SMILES string of the molecule is CCOc1cc(N2CCOCC2)c(OCC)cc1NC(=O)CN1CCC(Nc2ccccc2)C1. The van der Waals surface area contributed by atoms with E-state index < -0.39 is 0 Å². The standard InChI is InChI=1S/C26H36N4O4/c1-3-33-24-17-23(30-12-14-32-15-13-30)25(34-4-2)16-22(24)28-26(31)19-29-11-10-21(18-29)27-20-8-6-5-7-9-20/h5-9,16-17,21,27H,3-4,10-15,18-19H2,1-2H3,(H,28,31). The van der Waals surface area contributed by atoms with Gasteiger partial charge in [-0.05, 0) is 32.4 Å². The van der Waals surface area contributed by atoms with Gasteiger partial charge < -0.3 is 29.7 Å². The zero-order valence-electron chi connectivity index (χ0n) is 20.2. The summed E-state index contributed by atoms with van der Waals surface area (Å²) in [5.41, 5.74) is 2.73. The van der Waals surface area contributed by atoms with Crippen molar-refractivity contribution in [1.29, 1.82) is 0 Å². The number of amides is 1. The predicted octanol–water partition coefficient (Wildman–Crippen LogP) is 3.45. The third-order valence-corrected chi connectivity index (χ3v) is 6.07. The number of benzene rings is 2. The molecule has 0 radical (unpaired) electrons. The Kier molecular flexibility index (Phi) is 8.49. The molecule has 2 aromatic rings. The number of anilines is 3. The Balaban J connectivity index is 1.41. The van der Waals surface area contributed by atoms with Crippen molar-refractivity contribution in [2.45, 2.75) is 26.3 Å². The molecule has 2 aliphatic rings. The number of carbonyl (C=O) groups excluding carboxylic acids is 1. The average Bonchev–Trinajstić information content (AvgIpc) is 3.28. The number of ether oxygens (including phenoxy) is 3. The van der Waals surface area contributed by atoms with E-state index in [1.165, 1.54) is 0 Å². The molecule has 2 fully saturated rings. The van der Waals surface area contributed by atoms with E-state index in [0.717, 1.165) is 49.7 Å². The molecule has 8 heteroatoms. The van der Waals surface area contributed by atoms with Crippen LogP contribution in [0.2, 0.25) is 0 Å². The van der Waals surface area contributed by atoms with Gasteiger partial charge in [0, 0.05) is 50.0 Å². The van der Waals surface area contributed by atoms with E-state index in [0.29, 0.717) is 50.5 Å². The molecule has 4 rings (SSSR count). The topological polar surface area (TPSA) is 75.3 Å². The van der Waals surface area contributed by atoms with Crippen molar-refractivity contribution in [2.75, 3.05) is 74.7 Å². The second-order valence-corrected chi connectivity index (χ2v) is 8.56. The fourth-order valence-electron chi connectivity index (χ4n) is 4.50. The van der Waals surface area contributed by atoms with Crippen molar-refractivity contribution >= 4 is 23.0 Å². The van der Waals surface area contributed by atoms with Crippen LogP contribution in [0.3, 0.4) is 0 Å². The molecule has 8 nitrogen and oxygen atoms in total. The molecule has 1 amide bonds. The molecular formula is C26H36N4O4. The summed E-state index contributed by atoms with van der Waals surface area (Å²) in [4.78, 5) is 17.4. The molecule has 184 valence electrons. The Labute approximate surface area is 202 Å². The molecule has 1 unspecified atom stereocenters. The maximum absolute atomic E-state index is 12.9. The zero-order chi connectivity index (χ0) is 23.8. The van der Waals surface area contributed by atoms with Crippen molar-refractivity contribution in [1.82, 2.24) is 4.90 Å². The van der Waals surface area contributed by atoms with Gasteiger partial charge in [-0.3, -0.25) is 9.69 Å². The van der Waals surface area contributed by atoms with Crippen LogP contribution in [0, 0.1) is 0 Å². The number of rotatable bonds is 10. The van der Waals surface area contributed by atoms with Crippen LogP contribution in [-0.2, 0) is 9.53 Å². The van der Waals surface area contributed by atoms with Crippen molar-refractivity contribution < 1.29 is 19.0 Å². The Morgan fingerprint density at radius 1 is 1.03 bits per heavy atom. The van der Waals surface area contributed by atoms with E-state index in [1.807, 2.05) is 44.2 Å². The van der Waals surface area contributed by atoms with E-state index in [2.05, 4.69) is 32.6 Å². The number of para-hydroxylation sites is 1. The van der Waals surface area contributed by atoms with E-state index >= 15 is 0 Å². The Morgan fingerprint density at radius 3 is 2.50 bits per heavy atom. The lowest BCUT2D eigenvalue weighted by molar-refractivity contribution is -0.117. The van der Waals surface area contributed by atoms with Gasteiger partial charge in [0.25, 0.3) is 0 Å². The van der Waals surface area contributed by atoms with Crippen LogP contribution >= 0.6 is 0 Å². The largest absolute Gasteiger partial charge is 0.492 e. The minimum atomic E-state index is -0.0529. The molecule has 2 aromatic carbocycles. The van der Waals surface area contributed by atoms with Gasteiger partial charge in [-0.25, -0.2) is 0 Å². The number of likely N-dealkylation sites (tertiary alicyclic amines) is 1. The quantitative estimate of drug-likeness (QED) is 0.553. The molecular weight excluding hydrogens is 432 g/mol. The first-order valence-corrected chi connectivity index (χ1v) is 12.3. The third kappa shape index (κ3) is 6.33. The zero-order valence-corrected chi connectivity index (χ0v) is 20.2. The number of morpholine rings is 1. The van der Waals surface area contributed by atoms with Gasteiger partial charge in [-0.1, -0.05) is 18.2 Å². The molecule has 2 aliphatic heterocycles. The van der Waals surface area contributed by atoms with Crippen LogP contribution in [0.15, 0.2) is 42.5 Å². The minimum absolute atomic E-state index is 0.0529. The molecule has 0 aliphatic carbocycles. The van der Waals surface area contributed by atoms with Gasteiger partial charge in [0.2, 0.25) is 5.91 Å². The minimum Gasteiger partial charge on any atom is -0.492 e.